The molecule has 104 valence electrons. The number of fused-ring (bicyclic) bond motifs is 1. The lowest BCUT2D eigenvalue weighted by molar-refractivity contribution is 0.262. The highest BCUT2D eigenvalue weighted by Crippen LogP contribution is 2.33. The van der Waals surface area contributed by atoms with Crippen molar-refractivity contribution in [3.63, 3.8) is 0 Å². The lowest BCUT2D eigenvalue weighted by Gasteiger charge is -2.34. The van der Waals surface area contributed by atoms with Crippen molar-refractivity contribution in [2.45, 2.75) is 63.8 Å². The molecule has 0 spiro atoms. The molecule has 1 saturated carbocycles. The highest BCUT2D eigenvalue weighted by Gasteiger charge is 2.29. The van der Waals surface area contributed by atoms with Gasteiger partial charge in [0.05, 0.1) is 0 Å². The topological polar surface area (TPSA) is 26.0 Å². The van der Waals surface area contributed by atoms with Crippen LogP contribution in [0, 0.1) is 11.8 Å². The van der Waals surface area contributed by atoms with Gasteiger partial charge in [-0.3, -0.25) is 0 Å². The highest BCUT2D eigenvalue weighted by atomic mass is 14.7. The van der Waals surface area contributed by atoms with E-state index in [0.29, 0.717) is 6.04 Å². The Bertz CT molecular complexity index is 404. The molecule has 1 aromatic carbocycles. The molecule has 1 heteroatoms. The van der Waals surface area contributed by atoms with Crippen molar-refractivity contribution >= 4 is 0 Å². The van der Waals surface area contributed by atoms with Crippen molar-refractivity contribution in [1.82, 2.24) is 0 Å². The van der Waals surface area contributed by atoms with Crippen LogP contribution in [0.15, 0.2) is 24.3 Å². The van der Waals surface area contributed by atoms with Crippen LogP contribution in [0.4, 0.5) is 0 Å². The first kappa shape index (κ1) is 13.2. The number of benzene rings is 1. The maximum atomic E-state index is 6.65. The lowest BCUT2D eigenvalue weighted by Crippen LogP contribution is -2.40. The molecule has 1 fully saturated rings. The second-order valence-electron chi connectivity index (χ2n) is 6.60. The molecule has 0 radical (unpaired) electrons. The van der Waals surface area contributed by atoms with Crippen LogP contribution < -0.4 is 5.73 Å². The Morgan fingerprint density at radius 2 is 1.53 bits per heavy atom. The molecule has 2 atom stereocenters. The van der Waals surface area contributed by atoms with Gasteiger partial charge < -0.3 is 5.73 Å². The van der Waals surface area contributed by atoms with E-state index in [1.807, 2.05) is 0 Å². The second-order valence-corrected chi connectivity index (χ2v) is 6.60. The Labute approximate surface area is 117 Å². The Kier molecular flexibility index (Phi) is 4.22. The summed E-state index contributed by atoms with van der Waals surface area (Å²) < 4.78 is 0. The Morgan fingerprint density at radius 1 is 0.842 bits per heavy atom. The van der Waals surface area contributed by atoms with Gasteiger partial charge in [0.15, 0.2) is 0 Å². The van der Waals surface area contributed by atoms with Crippen molar-refractivity contribution in [2.24, 2.45) is 17.6 Å². The zero-order chi connectivity index (χ0) is 13.1. The molecule has 2 N–H and O–H groups in total. The molecule has 0 bridgehead atoms. The summed E-state index contributed by atoms with van der Waals surface area (Å²) in [5.74, 6) is 1.51. The zero-order valence-corrected chi connectivity index (χ0v) is 12.0. The van der Waals surface area contributed by atoms with Crippen LogP contribution in [0.5, 0.6) is 0 Å². The fourth-order valence-corrected chi connectivity index (χ4v) is 4.14. The van der Waals surface area contributed by atoms with Crippen LogP contribution in [0.3, 0.4) is 0 Å². The third-order valence-electron chi connectivity index (χ3n) is 5.37. The Morgan fingerprint density at radius 3 is 2.26 bits per heavy atom. The SMILES string of the molecule is NC(C1CCCCCC1)C1CCc2ccccc2C1. The monoisotopic (exact) mass is 257 g/mol. The van der Waals surface area contributed by atoms with Crippen LogP contribution in [0.2, 0.25) is 0 Å². The molecule has 0 heterocycles. The van der Waals surface area contributed by atoms with Gasteiger partial charge in [0.1, 0.15) is 0 Å². The maximum Gasteiger partial charge on any atom is 0.00989 e. The number of rotatable bonds is 2. The standard InChI is InChI=1S/C18H27N/c19-18(15-8-3-1-2-4-9-15)17-12-11-14-7-5-6-10-16(14)13-17/h5-7,10,15,17-18H,1-4,8-9,11-13,19H2. The van der Waals surface area contributed by atoms with Crippen LogP contribution in [0.1, 0.15) is 56.1 Å². The summed E-state index contributed by atoms with van der Waals surface area (Å²) in [6.07, 6.45) is 12.2. The molecule has 0 amide bonds. The Hall–Kier alpha value is -0.820. The molecule has 0 aromatic heterocycles. The largest absolute Gasteiger partial charge is 0.327 e. The summed E-state index contributed by atoms with van der Waals surface area (Å²) in [4.78, 5) is 0. The van der Waals surface area contributed by atoms with Gasteiger partial charge in [0.25, 0.3) is 0 Å². The first-order chi connectivity index (χ1) is 9.34. The van der Waals surface area contributed by atoms with E-state index in [1.54, 1.807) is 11.1 Å². The summed E-state index contributed by atoms with van der Waals surface area (Å²) in [7, 11) is 0. The summed E-state index contributed by atoms with van der Waals surface area (Å²) in [6, 6.07) is 9.39. The molecule has 2 aliphatic rings. The molecule has 19 heavy (non-hydrogen) atoms. The van der Waals surface area contributed by atoms with E-state index in [0.717, 1.165) is 11.8 Å². The fourth-order valence-electron chi connectivity index (χ4n) is 4.14. The summed E-state index contributed by atoms with van der Waals surface area (Å²) >= 11 is 0. The van der Waals surface area contributed by atoms with E-state index >= 15 is 0 Å². The van der Waals surface area contributed by atoms with Crippen LogP contribution in [-0.2, 0) is 12.8 Å². The zero-order valence-electron chi connectivity index (χ0n) is 12.0. The molecular formula is C18H27N. The predicted octanol–water partition coefficient (Wildman–Crippen LogP) is 4.09. The van der Waals surface area contributed by atoms with Crippen LogP contribution >= 0.6 is 0 Å². The van der Waals surface area contributed by atoms with Crippen molar-refractivity contribution in [2.75, 3.05) is 0 Å². The molecule has 0 aliphatic heterocycles. The molecule has 3 rings (SSSR count). The van der Waals surface area contributed by atoms with E-state index in [2.05, 4.69) is 24.3 Å². The molecule has 0 saturated heterocycles. The highest BCUT2D eigenvalue weighted by molar-refractivity contribution is 5.30. The quantitative estimate of drug-likeness (QED) is 0.793. The van der Waals surface area contributed by atoms with Crippen LogP contribution in [0.25, 0.3) is 0 Å². The number of nitrogens with two attached hydrogens (primary N) is 1. The summed E-state index contributed by atoms with van der Waals surface area (Å²) in [5, 5.41) is 0. The molecule has 1 aromatic rings. The van der Waals surface area contributed by atoms with Gasteiger partial charge in [-0.25, -0.2) is 0 Å². The van der Waals surface area contributed by atoms with Crippen molar-refractivity contribution < 1.29 is 0 Å². The van der Waals surface area contributed by atoms with Gasteiger partial charge in [0.2, 0.25) is 0 Å². The van der Waals surface area contributed by atoms with Crippen molar-refractivity contribution in [1.29, 1.82) is 0 Å². The number of aryl methyl sites for hydroxylation is 1. The van der Waals surface area contributed by atoms with E-state index in [1.165, 1.54) is 57.8 Å². The second kappa shape index (κ2) is 6.09. The van der Waals surface area contributed by atoms with Gasteiger partial charge in [0, 0.05) is 6.04 Å². The van der Waals surface area contributed by atoms with Gasteiger partial charge >= 0.3 is 0 Å². The third-order valence-corrected chi connectivity index (χ3v) is 5.37. The number of hydrogen-bond donors (Lipinski definition) is 1. The van der Waals surface area contributed by atoms with Crippen molar-refractivity contribution in [3.8, 4) is 0 Å². The first-order valence-corrected chi connectivity index (χ1v) is 8.17. The minimum atomic E-state index is 0.437. The van der Waals surface area contributed by atoms with Gasteiger partial charge in [-0.1, -0.05) is 49.9 Å². The van der Waals surface area contributed by atoms with Gasteiger partial charge in [-0.05, 0) is 55.1 Å². The number of hydrogen-bond acceptors (Lipinski definition) is 1. The van der Waals surface area contributed by atoms with Crippen molar-refractivity contribution in [3.05, 3.63) is 35.4 Å². The van der Waals surface area contributed by atoms with E-state index in [4.69, 9.17) is 5.73 Å². The molecular weight excluding hydrogens is 230 g/mol. The third kappa shape index (κ3) is 3.02. The first-order valence-electron chi connectivity index (χ1n) is 8.17. The summed E-state index contributed by atoms with van der Waals surface area (Å²) in [5.41, 5.74) is 9.77. The van der Waals surface area contributed by atoms with E-state index in [-0.39, 0.29) is 0 Å². The average molecular weight is 257 g/mol. The van der Waals surface area contributed by atoms with Gasteiger partial charge in [-0.15, -0.1) is 0 Å². The summed E-state index contributed by atoms with van der Waals surface area (Å²) in [6.45, 7) is 0. The maximum absolute atomic E-state index is 6.65. The normalized spacial score (nSPS) is 26.5. The molecule has 1 nitrogen and oxygen atoms in total. The smallest absolute Gasteiger partial charge is 0.00989 e. The molecule has 2 unspecified atom stereocenters. The lowest BCUT2D eigenvalue weighted by atomic mass is 9.75. The van der Waals surface area contributed by atoms with E-state index in [9.17, 15) is 0 Å². The predicted molar refractivity (Wildman–Crippen MR) is 81.1 cm³/mol. The fraction of sp³-hybridized carbons (Fsp3) is 0.667. The minimum Gasteiger partial charge on any atom is -0.327 e. The minimum absolute atomic E-state index is 0.437. The van der Waals surface area contributed by atoms with E-state index < -0.39 is 0 Å². The Balaban J connectivity index is 1.66. The average Bonchev–Trinajstić information content (AvgIpc) is 2.75. The van der Waals surface area contributed by atoms with Crippen LogP contribution in [-0.4, -0.2) is 6.04 Å². The van der Waals surface area contributed by atoms with Gasteiger partial charge in [-0.2, -0.15) is 0 Å². The molecule has 2 aliphatic carbocycles.